The lowest BCUT2D eigenvalue weighted by Gasteiger charge is -2.38. The third kappa shape index (κ3) is 4.16. The summed E-state index contributed by atoms with van der Waals surface area (Å²) in [6.45, 7) is 1.86. The van der Waals surface area contributed by atoms with Crippen molar-refractivity contribution in [1.82, 2.24) is 0 Å². The molecule has 7 nitrogen and oxygen atoms in total. The van der Waals surface area contributed by atoms with Crippen molar-refractivity contribution in [3.8, 4) is 11.5 Å². The van der Waals surface area contributed by atoms with Crippen LogP contribution in [0.2, 0.25) is 0 Å². The molecule has 1 heterocycles. The van der Waals surface area contributed by atoms with Crippen molar-refractivity contribution >= 4 is 23.3 Å². The van der Waals surface area contributed by atoms with Gasteiger partial charge in [-0.3, -0.25) is 9.69 Å². The minimum atomic E-state index is -1.32. The maximum atomic E-state index is 13.5. The third-order valence-electron chi connectivity index (χ3n) is 4.91. The molecule has 0 saturated heterocycles. The number of rotatable bonds is 7. The molecule has 0 radical (unpaired) electrons. The summed E-state index contributed by atoms with van der Waals surface area (Å²) >= 11 is 0. The van der Waals surface area contributed by atoms with E-state index >= 15 is 0 Å². The second-order valence-corrected chi connectivity index (χ2v) is 6.89. The Hall–Kier alpha value is -4.00. The molecule has 0 bridgehead atoms. The van der Waals surface area contributed by atoms with Gasteiger partial charge >= 0.3 is 0 Å². The van der Waals surface area contributed by atoms with Crippen molar-refractivity contribution in [3.05, 3.63) is 83.9 Å². The quantitative estimate of drug-likeness (QED) is 0.636. The molecule has 0 aromatic heterocycles. The number of hydrogen-bond donors (Lipinski definition) is 1. The number of hydrogen-bond acceptors (Lipinski definition) is 6. The number of aliphatic carboxylic acids is 1. The lowest BCUT2D eigenvalue weighted by Crippen LogP contribution is -2.43. The van der Waals surface area contributed by atoms with Crippen LogP contribution in [0.25, 0.3) is 0 Å². The molecule has 1 aliphatic rings. The second kappa shape index (κ2) is 8.79. The zero-order valence-corrected chi connectivity index (χ0v) is 16.9. The van der Waals surface area contributed by atoms with Gasteiger partial charge in [0.25, 0.3) is 5.91 Å². The molecule has 3 aromatic carbocycles. The molecule has 0 fully saturated rings. The number of carboxylic acid groups (broad SMARTS) is 1. The number of fused-ring (bicyclic) bond motifs is 1. The Morgan fingerprint density at radius 1 is 1.00 bits per heavy atom. The standard InChI is InChI=1S/C24H22N2O5/c1-2-30-17-13-11-16(12-14-17)26-23(25-20-9-5-3-7-18(20)24(26)29)19-8-4-6-10-21(19)31-15-22(27)28/h3-14,23,25H,2,15H2,1H3,(H,27,28)/p-1/t23-/m1/s1. The molecule has 7 heteroatoms. The summed E-state index contributed by atoms with van der Waals surface area (Å²) in [7, 11) is 0. The molecule has 0 unspecified atom stereocenters. The Bertz CT molecular complexity index is 1100. The summed E-state index contributed by atoms with van der Waals surface area (Å²) in [5, 5.41) is 14.3. The number of carbonyl (C=O) groups excluding carboxylic acids is 2. The summed E-state index contributed by atoms with van der Waals surface area (Å²) in [4.78, 5) is 26.0. The van der Waals surface area contributed by atoms with Gasteiger partial charge < -0.3 is 24.7 Å². The van der Waals surface area contributed by atoms with Crippen LogP contribution in [-0.2, 0) is 4.79 Å². The van der Waals surface area contributed by atoms with Gasteiger partial charge in [-0.25, -0.2) is 0 Å². The van der Waals surface area contributed by atoms with Crippen LogP contribution in [0.5, 0.6) is 11.5 Å². The van der Waals surface area contributed by atoms with Crippen molar-refractivity contribution in [2.45, 2.75) is 13.1 Å². The summed E-state index contributed by atoms with van der Waals surface area (Å²) in [5.41, 5.74) is 2.52. The first kappa shape index (κ1) is 20.3. The number of carbonyl (C=O) groups is 2. The van der Waals surface area contributed by atoms with Crippen molar-refractivity contribution in [1.29, 1.82) is 0 Å². The van der Waals surface area contributed by atoms with E-state index in [0.717, 1.165) is 0 Å². The molecule has 31 heavy (non-hydrogen) atoms. The number of nitrogens with zero attached hydrogens (tertiary/aromatic N) is 1. The van der Waals surface area contributed by atoms with Crippen LogP contribution in [0.3, 0.4) is 0 Å². The number of anilines is 2. The van der Waals surface area contributed by atoms with E-state index in [1.165, 1.54) is 0 Å². The first-order chi connectivity index (χ1) is 15.1. The molecule has 4 rings (SSSR count). The van der Waals surface area contributed by atoms with E-state index in [0.29, 0.717) is 40.6 Å². The monoisotopic (exact) mass is 417 g/mol. The molecule has 1 aliphatic heterocycles. The van der Waals surface area contributed by atoms with Crippen LogP contribution >= 0.6 is 0 Å². The van der Waals surface area contributed by atoms with Crippen LogP contribution in [-0.4, -0.2) is 25.1 Å². The fraction of sp³-hybridized carbons (Fsp3) is 0.167. The average molecular weight is 417 g/mol. The summed E-state index contributed by atoms with van der Waals surface area (Å²) < 4.78 is 11.0. The van der Waals surface area contributed by atoms with Crippen LogP contribution in [0.4, 0.5) is 11.4 Å². The normalized spacial score (nSPS) is 15.1. The van der Waals surface area contributed by atoms with Gasteiger partial charge in [0, 0.05) is 16.9 Å². The minimum Gasteiger partial charge on any atom is -0.546 e. The summed E-state index contributed by atoms with van der Waals surface area (Å²) in [6, 6.07) is 21.5. The molecule has 1 N–H and O–H groups in total. The van der Waals surface area contributed by atoms with Gasteiger partial charge in [0.05, 0.1) is 18.1 Å². The number of ether oxygens (including phenoxy) is 2. The highest BCUT2D eigenvalue weighted by Crippen LogP contribution is 2.39. The maximum Gasteiger partial charge on any atom is 0.262 e. The lowest BCUT2D eigenvalue weighted by molar-refractivity contribution is -0.307. The van der Waals surface area contributed by atoms with E-state index < -0.39 is 18.7 Å². The highest BCUT2D eigenvalue weighted by molar-refractivity contribution is 6.12. The van der Waals surface area contributed by atoms with Crippen molar-refractivity contribution in [2.75, 3.05) is 23.4 Å². The number of nitrogens with one attached hydrogen (secondary N) is 1. The van der Waals surface area contributed by atoms with E-state index in [4.69, 9.17) is 9.47 Å². The fourth-order valence-corrected chi connectivity index (χ4v) is 3.58. The molecule has 1 amide bonds. The molecular formula is C24H21N2O5-. The maximum absolute atomic E-state index is 13.5. The first-order valence-electron chi connectivity index (χ1n) is 9.92. The topological polar surface area (TPSA) is 90.9 Å². The zero-order valence-electron chi connectivity index (χ0n) is 16.9. The van der Waals surface area contributed by atoms with E-state index in [-0.39, 0.29) is 5.91 Å². The molecule has 0 spiro atoms. The second-order valence-electron chi connectivity index (χ2n) is 6.89. The smallest absolute Gasteiger partial charge is 0.262 e. The molecular weight excluding hydrogens is 396 g/mol. The molecule has 158 valence electrons. The highest BCUT2D eigenvalue weighted by Gasteiger charge is 2.35. The number of amides is 1. The number of para-hydroxylation sites is 2. The largest absolute Gasteiger partial charge is 0.546 e. The SMILES string of the molecule is CCOc1ccc(N2C(=O)c3ccccc3N[C@H]2c2ccccc2OCC(=O)[O-])cc1. The van der Waals surface area contributed by atoms with Gasteiger partial charge in [-0.05, 0) is 49.4 Å². The van der Waals surface area contributed by atoms with Crippen molar-refractivity contribution < 1.29 is 24.2 Å². The highest BCUT2D eigenvalue weighted by atomic mass is 16.5. The number of benzene rings is 3. The van der Waals surface area contributed by atoms with Gasteiger partial charge in [-0.2, -0.15) is 0 Å². The van der Waals surface area contributed by atoms with E-state index in [9.17, 15) is 14.7 Å². The van der Waals surface area contributed by atoms with Gasteiger partial charge in [0.2, 0.25) is 0 Å². The summed E-state index contributed by atoms with van der Waals surface area (Å²) in [6.07, 6.45) is -0.613. The Morgan fingerprint density at radius 3 is 2.45 bits per heavy atom. The zero-order chi connectivity index (χ0) is 21.8. The van der Waals surface area contributed by atoms with Gasteiger partial charge in [-0.15, -0.1) is 0 Å². The van der Waals surface area contributed by atoms with Gasteiger partial charge in [-0.1, -0.05) is 30.3 Å². The fourth-order valence-electron chi connectivity index (χ4n) is 3.58. The van der Waals surface area contributed by atoms with Crippen molar-refractivity contribution in [3.63, 3.8) is 0 Å². The Kier molecular flexibility index (Phi) is 5.75. The summed E-state index contributed by atoms with van der Waals surface area (Å²) in [5.74, 6) is -0.444. The van der Waals surface area contributed by atoms with E-state index in [1.807, 2.05) is 55.5 Å². The average Bonchev–Trinajstić information content (AvgIpc) is 2.79. The van der Waals surface area contributed by atoms with E-state index in [2.05, 4.69) is 5.32 Å². The van der Waals surface area contributed by atoms with Crippen LogP contribution < -0.4 is 24.8 Å². The molecule has 3 aromatic rings. The van der Waals surface area contributed by atoms with Crippen LogP contribution in [0, 0.1) is 0 Å². The molecule has 0 aliphatic carbocycles. The molecule has 1 atom stereocenters. The van der Waals surface area contributed by atoms with Crippen LogP contribution in [0.15, 0.2) is 72.8 Å². The predicted molar refractivity (Wildman–Crippen MR) is 114 cm³/mol. The third-order valence-corrected chi connectivity index (χ3v) is 4.91. The lowest BCUT2D eigenvalue weighted by atomic mass is 10.0. The predicted octanol–water partition coefficient (Wildman–Crippen LogP) is 2.99. The first-order valence-corrected chi connectivity index (χ1v) is 9.92. The molecule has 0 saturated carbocycles. The van der Waals surface area contributed by atoms with Gasteiger partial charge in [0.15, 0.2) is 0 Å². The number of carboxylic acids is 1. The van der Waals surface area contributed by atoms with Gasteiger partial charge in [0.1, 0.15) is 24.3 Å². The Labute approximate surface area is 179 Å². The van der Waals surface area contributed by atoms with Crippen molar-refractivity contribution in [2.24, 2.45) is 0 Å². The van der Waals surface area contributed by atoms with Crippen LogP contribution in [0.1, 0.15) is 29.0 Å². The Balaban J connectivity index is 1.79. The van der Waals surface area contributed by atoms with E-state index in [1.54, 1.807) is 29.2 Å². The minimum absolute atomic E-state index is 0.182. The Morgan fingerprint density at radius 2 is 1.71 bits per heavy atom.